The van der Waals surface area contributed by atoms with Crippen LogP contribution in [0.25, 0.3) is 0 Å². The number of carbonyl (C=O) groups excluding carboxylic acids is 1. The molecule has 0 radical (unpaired) electrons. The van der Waals surface area contributed by atoms with Gasteiger partial charge < -0.3 is 14.8 Å². The van der Waals surface area contributed by atoms with Crippen molar-refractivity contribution >= 4 is 5.97 Å². The first-order valence-electron chi connectivity index (χ1n) is 5.43. The summed E-state index contributed by atoms with van der Waals surface area (Å²) in [5.41, 5.74) is 0.670. The average Bonchev–Trinajstić information content (AvgIpc) is 2.28. The number of esters is 1. The molecule has 1 aromatic heterocycles. The van der Waals surface area contributed by atoms with E-state index in [4.69, 9.17) is 9.84 Å². The van der Waals surface area contributed by atoms with Gasteiger partial charge in [0.1, 0.15) is 12.4 Å². The predicted octanol–water partition coefficient (Wildman–Crippen LogP) is 0.0663. The summed E-state index contributed by atoms with van der Waals surface area (Å²) in [6.07, 6.45) is 0.441. The van der Waals surface area contributed by atoms with E-state index >= 15 is 0 Å². The molecule has 0 amide bonds. The molecule has 1 rings (SSSR count). The number of H-pyrrole nitrogens is 1. The minimum Gasteiger partial charge on any atom is -0.466 e. The topological polar surface area (TPSA) is 92.3 Å². The number of aliphatic hydroxyl groups is 1. The lowest BCUT2D eigenvalue weighted by molar-refractivity contribution is -0.143. The monoisotopic (exact) mass is 240 g/mol. The van der Waals surface area contributed by atoms with E-state index in [2.05, 4.69) is 9.97 Å². The van der Waals surface area contributed by atoms with E-state index < -0.39 is 0 Å². The molecule has 0 saturated heterocycles. The normalized spacial score (nSPS) is 10.3. The predicted molar refractivity (Wildman–Crippen MR) is 60.5 cm³/mol. The van der Waals surface area contributed by atoms with Gasteiger partial charge in [-0.15, -0.1) is 0 Å². The summed E-state index contributed by atoms with van der Waals surface area (Å²) in [4.78, 5) is 29.3. The first kappa shape index (κ1) is 13.4. The molecule has 0 unspecified atom stereocenters. The molecule has 0 aromatic carbocycles. The van der Waals surface area contributed by atoms with Crippen LogP contribution in [-0.2, 0) is 22.6 Å². The molecule has 94 valence electrons. The number of aryl methyl sites for hydroxylation is 1. The first-order valence-corrected chi connectivity index (χ1v) is 5.43. The van der Waals surface area contributed by atoms with Crippen molar-refractivity contribution in [2.75, 3.05) is 6.61 Å². The molecule has 0 atom stereocenters. The van der Waals surface area contributed by atoms with Crippen molar-refractivity contribution in [1.82, 2.24) is 9.97 Å². The number of hydrogen-bond acceptors (Lipinski definition) is 5. The van der Waals surface area contributed by atoms with Crippen LogP contribution < -0.4 is 5.56 Å². The lowest BCUT2D eigenvalue weighted by Crippen LogP contribution is -2.20. The SMILES string of the molecule is CCOC(=O)CCc1c(C)nc(CO)[nH]c1=O. The average molecular weight is 240 g/mol. The van der Waals surface area contributed by atoms with E-state index in [0.717, 1.165) is 0 Å². The van der Waals surface area contributed by atoms with Crippen molar-refractivity contribution < 1.29 is 14.6 Å². The van der Waals surface area contributed by atoms with Gasteiger partial charge in [-0.3, -0.25) is 9.59 Å². The van der Waals surface area contributed by atoms with Gasteiger partial charge in [0.15, 0.2) is 0 Å². The van der Waals surface area contributed by atoms with Crippen LogP contribution in [0, 0.1) is 6.92 Å². The summed E-state index contributed by atoms with van der Waals surface area (Å²) in [5, 5.41) is 8.86. The zero-order valence-electron chi connectivity index (χ0n) is 9.95. The van der Waals surface area contributed by atoms with Gasteiger partial charge in [0.25, 0.3) is 5.56 Å². The van der Waals surface area contributed by atoms with Gasteiger partial charge >= 0.3 is 5.97 Å². The van der Waals surface area contributed by atoms with Gasteiger partial charge in [0.05, 0.1) is 6.61 Å². The van der Waals surface area contributed by atoms with Gasteiger partial charge in [0, 0.05) is 17.7 Å². The Morgan fingerprint density at radius 3 is 2.76 bits per heavy atom. The van der Waals surface area contributed by atoms with Crippen molar-refractivity contribution in [3.8, 4) is 0 Å². The molecule has 17 heavy (non-hydrogen) atoms. The highest BCUT2D eigenvalue weighted by Gasteiger charge is 2.10. The maximum absolute atomic E-state index is 11.6. The summed E-state index contributed by atoms with van der Waals surface area (Å²) in [6.45, 7) is 3.42. The Morgan fingerprint density at radius 1 is 1.53 bits per heavy atom. The second-order valence-electron chi connectivity index (χ2n) is 3.54. The number of nitrogens with zero attached hydrogens (tertiary/aromatic N) is 1. The number of aromatic amines is 1. The fourth-order valence-electron chi connectivity index (χ4n) is 1.50. The Morgan fingerprint density at radius 2 is 2.24 bits per heavy atom. The van der Waals surface area contributed by atoms with Crippen LogP contribution in [0.5, 0.6) is 0 Å². The second kappa shape index (κ2) is 6.15. The maximum atomic E-state index is 11.6. The summed E-state index contributed by atoms with van der Waals surface area (Å²) in [6, 6.07) is 0. The number of rotatable bonds is 5. The fourth-order valence-corrected chi connectivity index (χ4v) is 1.50. The standard InChI is InChI=1S/C11H16N2O4/c1-3-17-10(15)5-4-8-7(2)12-9(6-14)13-11(8)16/h14H,3-6H2,1-2H3,(H,12,13,16). The van der Waals surface area contributed by atoms with Gasteiger partial charge in [-0.1, -0.05) is 0 Å². The molecule has 0 bridgehead atoms. The third-order valence-corrected chi connectivity index (χ3v) is 2.31. The van der Waals surface area contributed by atoms with Crippen molar-refractivity contribution in [2.24, 2.45) is 0 Å². The van der Waals surface area contributed by atoms with Gasteiger partial charge in [-0.2, -0.15) is 0 Å². The van der Waals surface area contributed by atoms with E-state index in [-0.39, 0.29) is 30.4 Å². The number of aromatic nitrogens is 2. The van der Waals surface area contributed by atoms with Crippen LogP contribution in [0.4, 0.5) is 0 Å². The van der Waals surface area contributed by atoms with E-state index in [9.17, 15) is 9.59 Å². The molecule has 6 nitrogen and oxygen atoms in total. The largest absolute Gasteiger partial charge is 0.466 e. The number of carbonyl (C=O) groups is 1. The summed E-state index contributed by atoms with van der Waals surface area (Å²) >= 11 is 0. The van der Waals surface area contributed by atoms with E-state index in [1.807, 2.05) is 0 Å². The fraction of sp³-hybridized carbons (Fsp3) is 0.545. The first-order chi connectivity index (χ1) is 8.08. The van der Waals surface area contributed by atoms with E-state index in [1.165, 1.54) is 0 Å². The lowest BCUT2D eigenvalue weighted by Gasteiger charge is -2.05. The van der Waals surface area contributed by atoms with Gasteiger partial charge in [-0.05, 0) is 20.3 Å². The molecular weight excluding hydrogens is 224 g/mol. The van der Waals surface area contributed by atoms with Crippen molar-refractivity contribution in [2.45, 2.75) is 33.3 Å². The van der Waals surface area contributed by atoms with Crippen LogP contribution in [0.1, 0.15) is 30.4 Å². The summed E-state index contributed by atoms with van der Waals surface area (Å²) in [7, 11) is 0. The Labute approximate surface area is 98.7 Å². The summed E-state index contributed by atoms with van der Waals surface area (Å²) < 4.78 is 4.78. The van der Waals surface area contributed by atoms with Crippen LogP contribution >= 0.6 is 0 Å². The van der Waals surface area contributed by atoms with Gasteiger partial charge in [0.2, 0.25) is 0 Å². The van der Waals surface area contributed by atoms with Gasteiger partial charge in [-0.25, -0.2) is 4.98 Å². The Balaban J connectivity index is 2.78. The third kappa shape index (κ3) is 3.67. The summed E-state index contributed by atoms with van der Waals surface area (Å²) in [5.74, 6) is -0.107. The molecule has 0 aliphatic carbocycles. The molecule has 1 heterocycles. The maximum Gasteiger partial charge on any atom is 0.306 e. The zero-order valence-corrected chi connectivity index (χ0v) is 9.95. The number of ether oxygens (including phenoxy) is 1. The highest BCUT2D eigenvalue weighted by molar-refractivity contribution is 5.69. The third-order valence-electron chi connectivity index (χ3n) is 2.31. The van der Waals surface area contributed by atoms with E-state index in [1.54, 1.807) is 13.8 Å². The number of nitrogens with one attached hydrogen (secondary N) is 1. The van der Waals surface area contributed by atoms with Crippen molar-refractivity contribution in [3.63, 3.8) is 0 Å². The quantitative estimate of drug-likeness (QED) is 0.710. The minimum absolute atomic E-state index is 0.151. The highest BCUT2D eigenvalue weighted by atomic mass is 16.5. The minimum atomic E-state index is -0.336. The van der Waals surface area contributed by atoms with Crippen LogP contribution in [0.2, 0.25) is 0 Å². The molecule has 0 aliphatic rings. The Kier molecular flexibility index (Phi) is 4.84. The Bertz CT molecular complexity index is 453. The molecule has 0 saturated carbocycles. The van der Waals surface area contributed by atoms with Crippen molar-refractivity contribution in [3.05, 3.63) is 27.4 Å². The van der Waals surface area contributed by atoms with Crippen LogP contribution in [0.3, 0.4) is 0 Å². The molecule has 1 aromatic rings. The highest BCUT2D eigenvalue weighted by Crippen LogP contribution is 2.03. The lowest BCUT2D eigenvalue weighted by atomic mass is 10.1. The molecule has 0 fully saturated rings. The molecule has 0 aliphatic heterocycles. The van der Waals surface area contributed by atoms with E-state index in [0.29, 0.717) is 24.3 Å². The zero-order chi connectivity index (χ0) is 12.8. The van der Waals surface area contributed by atoms with Crippen LogP contribution in [0.15, 0.2) is 4.79 Å². The second-order valence-corrected chi connectivity index (χ2v) is 3.54. The van der Waals surface area contributed by atoms with Crippen LogP contribution in [-0.4, -0.2) is 27.7 Å². The Hall–Kier alpha value is -1.69. The smallest absolute Gasteiger partial charge is 0.306 e. The molecule has 0 spiro atoms. The number of hydrogen-bond donors (Lipinski definition) is 2. The number of aliphatic hydroxyl groups excluding tert-OH is 1. The van der Waals surface area contributed by atoms with Crippen molar-refractivity contribution in [1.29, 1.82) is 0 Å². The molecule has 2 N–H and O–H groups in total. The molecule has 6 heteroatoms. The molecular formula is C11H16N2O4.